The van der Waals surface area contributed by atoms with E-state index in [2.05, 4.69) is 34.6 Å². The van der Waals surface area contributed by atoms with Crippen LogP contribution in [-0.2, 0) is 0 Å². The Morgan fingerprint density at radius 3 is 2.40 bits per heavy atom. The summed E-state index contributed by atoms with van der Waals surface area (Å²) in [7, 11) is 0. The fraction of sp³-hybridized carbons (Fsp3) is 1.00. The van der Waals surface area contributed by atoms with E-state index in [9.17, 15) is 10.2 Å². The molecule has 0 radical (unpaired) electrons. The molecule has 4 N–H and O–H groups in total. The summed E-state index contributed by atoms with van der Waals surface area (Å²) in [5.41, 5.74) is 6.17. The summed E-state index contributed by atoms with van der Waals surface area (Å²) < 4.78 is 0. The second kappa shape index (κ2) is 8.03. The summed E-state index contributed by atoms with van der Waals surface area (Å²) in [6, 6.07) is -0.191. The zero-order chi connectivity index (χ0) is 21.9. The van der Waals surface area contributed by atoms with E-state index in [0.29, 0.717) is 23.7 Å². The Labute approximate surface area is 185 Å². The molecule has 10 atom stereocenters. The minimum atomic E-state index is -0.887. The van der Waals surface area contributed by atoms with Crippen molar-refractivity contribution in [3.63, 3.8) is 0 Å². The van der Waals surface area contributed by atoms with Gasteiger partial charge in [-0.15, -0.1) is 0 Å². The van der Waals surface area contributed by atoms with E-state index in [1.807, 2.05) is 0 Å². The lowest BCUT2D eigenvalue weighted by Crippen LogP contribution is -2.70. The molecule has 4 aliphatic rings. The van der Waals surface area contributed by atoms with Crippen molar-refractivity contribution < 1.29 is 10.2 Å². The fourth-order valence-corrected chi connectivity index (χ4v) is 9.38. The molecular formula is C27H49NO2. The molecule has 3 heteroatoms. The number of hydrogen-bond donors (Lipinski definition) is 3. The lowest BCUT2D eigenvalue weighted by Gasteiger charge is -2.66. The van der Waals surface area contributed by atoms with Crippen LogP contribution in [0.15, 0.2) is 0 Å². The van der Waals surface area contributed by atoms with Gasteiger partial charge < -0.3 is 15.9 Å². The second-order valence-electron chi connectivity index (χ2n) is 13.0. The Hall–Kier alpha value is -0.120. The molecule has 0 bridgehead atoms. The zero-order valence-electron chi connectivity index (χ0n) is 20.4. The van der Waals surface area contributed by atoms with Crippen molar-refractivity contribution in [3.8, 4) is 0 Å². The van der Waals surface area contributed by atoms with Crippen LogP contribution in [0, 0.1) is 46.3 Å². The van der Waals surface area contributed by atoms with Crippen LogP contribution in [-0.4, -0.2) is 28.0 Å². The molecule has 0 aromatic carbocycles. The maximum Gasteiger partial charge on any atom is 0.0878 e. The molecule has 0 spiro atoms. The summed E-state index contributed by atoms with van der Waals surface area (Å²) in [6.07, 6.45) is 12.2. The van der Waals surface area contributed by atoms with Gasteiger partial charge in [0.1, 0.15) is 0 Å². The third kappa shape index (κ3) is 3.41. The van der Waals surface area contributed by atoms with Gasteiger partial charge in [-0.05, 0) is 85.9 Å². The van der Waals surface area contributed by atoms with Gasteiger partial charge in [0.25, 0.3) is 0 Å². The van der Waals surface area contributed by atoms with Crippen LogP contribution in [0.5, 0.6) is 0 Å². The maximum atomic E-state index is 11.7. The van der Waals surface area contributed by atoms with Crippen LogP contribution in [0.3, 0.4) is 0 Å². The van der Waals surface area contributed by atoms with Gasteiger partial charge in [0.05, 0.1) is 11.7 Å². The predicted molar refractivity (Wildman–Crippen MR) is 124 cm³/mol. The molecule has 0 saturated heterocycles. The van der Waals surface area contributed by atoms with Gasteiger partial charge in [-0.25, -0.2) is 0 Å². The molecule has 0 aliphatic heterocycles. The molecule has 3 nitrogen and oxygen atoms in total. The Kier molecular flexibility index (Phi) is 6.17. The zero-order valence-corrected chi connectivity index (χ0v) is 20.4. The van der Waals surface area contributed by atoms with Crippen LogP contribution < -0.4 is 5.73 Å². The van der Waals surface area contributed by atoms with Crippen molar-refractivity contribution >= 4 is 0 Å². The highest BCUT2D eigenvalue weighted by Gasteiger charge is 2.66. The Morgan fingerprint density at radius 2 is 1.70 bits per heavy atom. The minimum absolute atomic E-state index is 0.128. The van der Waals surface area contributed by atoms with E-state index in [1.165, 1.54) is 44.9 Å². The molecule has 4 aliphatic carbocycles. The van der Waals surface area contributed by atoms with E-state index in [-0.39, 0.29) is 17.6 Å². The average Bonchev–Trinajstić information content (AvgIpc) is 3.01. The Bertz CT molecular complexity index is 622. The van der Waals surface area contributed by atoms with E-state index < -0.39 is 5.60 Å². The van der Waals surface area contributed by atoms with E-state index in [0.717, 1.165) is 42.9 Å². The van der Waals surface area contributed by atoms with Crippen molar-refractivity contribution in [3.05, 3.63) is 0 Å². The minimum Gasteiger partial charge on any atom is -0.393 e. The van der Waals surface area contributed by atoms with Gasteiger partial charge in [0, 0.05) is 17.9 Å². The Morgan fingerprint density at radius 1 is 0.967 bits per heavy atom. The first-order chi connectivity index (χ1) is 14.0. The molecule has 0 aromatic rings. The van der Waals surface area contributed by atoms with Gasteiger partial charge in [-0.2, -0.15) is 0 Å². The molecule has 3 unspecified atom stereocenters. The second-order valence-corrected chi connectivity index (χ2v) is 13.0. The standard InChI is InChI=1S/C27H49NO2/c1-17(2)7-6-8-18(3)21-9-10-22-20-15-24(28)27(30)16-19(29)11-14-26(27,5)23(20)12-13-25(21,22)4/h17-24,29-30H,6-16,28H2,1-5H3/t18-,19?,20+,21-,22+,23+,24?,25-,26-,27?/m1/s1. The van der Waals surface area contributed by atoms with E-state index >= 15 is 0 Å². The number of hydrogen-bond acceptors (Lipinski definition) is 3. The van der Waals surface area contributed by atoms with Crippen LogP contribution in [0.25, 0.3) is 0 Å². The van der Waals surface area contributed by atoms with Crippen LogP contribution >= 0.6 is 0 Å². The smallest absolute Gasteiger partial charge is 0.0878 e. The molecule has 174 valence electrons. The van der Waals surface area contributed by atoms with Gasteiger partial charge in [-0.1, -0.05) is 53.9 Å². The summed E-state index contributed by atoms with van der Waals surface area (Å²) in [5.74, 6) is 4.50. The van der Waals surface area contributed by atoms with Crippen LogP contribution in [0.1, 0.15) is 105 Å². The van der Waals surface area contributed by atoms with Crippen LogP contribution in [0.4, 0.5) is 0 Å². The molecule has 30 heavy (non-hydrogen) atoms. The highest BCUT2D eigenvalue weighted by molar-refractivity contribution is 5.18. The van der Waals surface area contributed by atoms with Gasteiger partial charge in [-0.3, -0.25) is 0 Å². The van der Waals surface area contributed by atoms with Crippen molar-refractivity contribution in [2.45, 2.75) is 123 Å². The summed E-state index contributed by atoms with van der Waals surface area (Å²) in [5, 5.41) is 22.0. The van der Waals surface area contributed by atoms with Crippen molar-refractivity contribution in [2.75, 3.05) is 0 Å². The first kappa shape index (κ1) is 23.1. The van der Waals surface area contributed by atoms with Crippen molar-refractivity contribution in [1.82, 2.24) is 0 Å². The average molecular weight is 420 g/mol. The first-order valence-electron chi connectivity index (χ1n) is 13.2. The summed E-state index contributed by atoms with van der Waals surface area (Å²) in [4.78, 5) is 0. The normalized spacial score (nSPS) is 51.9. The third-order valence-electron chi connectivity index (χ3n) is 11.1. The highest BCUT2D eigenvalue weighted by atomic mass is 16.3. The topological polar surface area (TPSA) is 66.5 Å². The summed E-state index contributed by atoms with van der Waals surface area (Å²) >= 11 is 0. The molecule has 4 rings (SSSR count). The van der Waals surface area contributed by atoms with E-state index in [1.54, 1.807) is 0 Å². The number of nitrogens with two attached hydrogens (primary N) is 1. The van der Waals surface area contributed by atoms with Gasteiger partial charge in [0.2, 0.25) is 0 Å². The molecular weight excluding hydrogens is 370 g/mol. The highest BCUT2D eigenvalue weighted by Crippen LogP contribution is 2.69. The molecule has 4 fully saturated rings. The molecule has 0 amide bonds. The maximum absolute atomic E-state index is 11.7. The fourth-order valence-electron chi connectivity index (χ4n) is 9.38. The van der Waals surface area contributed by atoms with Gasteiger partial charge >= 0.3 is 0 Å². The first-order valence-corrected chi connectivity index (χ1v) is 13.2. The lowest BCUT2D eigenvalue weighted by atomic mass is 9.42. The number of aliphatic hydroxyl groups excluding tert-OH is 1. The summed E-state index contributed by atoms with van der Waals surface area (Å²) in [6.45, 7) is 12.2. The molecule has 0 heterocycles. The molecule has 0 aromatic heterocycles. The van der Waals surface area contributed by atoms with Crippen molar-refractivity contribution in [1.29, 1.82) is 0 Å². The molecule has 4 saturated carbocycles. The van der Waals surface area contributed by atoms with Crippen LogP contribution in [0.2, 0.25) is 0 Å². The quantitative estimate of drug-likeness (QED) is 0.549. The monoisotopic (exact) mass is 419 g/mol. The SMILES string of the molecule is CC(C)CCC[C@@H](C)[C@H]1CC[C@H]2[C@@H]3CC(N)C4(O)CC(O)CC[C@]4(C)[C@H]3CC[C@]12C. The number of rotatable bonds is 5. The number of fused-ring (bicyclic) bond motifs is 5. The van der Waals surface area contributed by atoms with E-state index in [4.69, 9.17) is 5.73 Å². The largest absolute Gasteiger partial charge is 0.393 e. The number of aliphatic hydroxyl groups is 2. The Balaban J connectivity index is 1.53. The van der Waals surface area contributed by atoms with Crippen molar-refractivity contribution in [2.24, 2.45) is 52.1 Å². The predicted octanol–water partition coefficient (Wildman–Crippen LogP) is 5.52. The lowest BCUT2D eigenvalue weighted by molar-refractivity contribution is -0.228. The third-order valence-corrected chi connectivity index (χ3v) is 11.1. The van der Waals surface area contributed by atoms with Gasteiger partial charge in [0.15, 0.2) is 0 Å².